The van der Waals surface area contributed by atoms with Gasteiger partial charge in [0.25, 0.3) is 10.0 Å². The van der Waals surface area contributed by atoms with E-state index < -0.39 is 43.3 Å². The number of nitrogens with one attached hydrogen (secondary N) is 1. The van der Waals surface area contributed by atoms with Crippen LogP contribution in [0.4, 0.5) is 24.7 Å². The van der Waals surface area contributed by atoms with Gasteiger partial charge >= 0.3 is 0 Å². The van der Waals surface area contributed by atoms with Crippen molar-refractivity contribution in [2.45, 2.75) is 50.6 Å². The summed E-state index contributed by atoms with van der Waals surface area (Å²) in [5, 5.41) is -0.491. The first-order valence-corrected chi connectivity index (χ1v) is 12.1. The van der Waals surface area contributed by atoms with Crippen LogP contribution in [0.3, 0.4) is 0 Å². The lowest BCUT2D eigenvalue weighted by Gasteiger charge is -2.37. The van der Waals surface area contributed by atoms with Crippen LogP contribution >= 0.6 is 11.6 Å². The van der Waals surface area contributed by atoms with Crippen LogP contribution in [0.25, 0.3) is 0 Å². The van der Waals surface area contributed by atoms with Crippen molar-refractivity contribution >= 4 is 33.1 Å². The predicted molar refractivity (Wildman–Crippen MR) is 119 cm³/mol. The SMILES string of the molecule is CCN(CC)[C@@]1(C)C[C@H](C)N(c2cc(F)c(S(=O)(=O)Nc3cccc(F)n3)c(F)c2Cl)C1. The van der Waals surface area contributed by atoms with E-state index in [1.807, 2.05) is 11.6 Å². The average molecular weight is 491 g/mol. The molecule has 1 aromatic carbocycles. The number of pyridine rings is 1. The van der Waals surface area contributed by atoms with E-state index in [0.717, 1.165) is 37.7 Å². The quantitative estimate of drug-likeness (QED) is 0.452. The molecule has 0 bridgehead atoms. The summed E-state index contributed by atoms with van der Waals surface area (Å²) in [7, 11) is -4.75. The van der Waals surface area contributed by atoms with Gasteiger partial charge in [-0.25, -0.2) is 22.2 Å². The van der Waals surface area contributed by atoms with Gasteiger partial charge in [-0.05, 0) is 45.5 Å². The summed E-state index contributed by atoms with van der Waals surface area (Å²) in [5.74, 6) is -4.06. The van der Waals surface area contributed by atoms with Gasteiger partial charge < -0.3 is 4.90 Å². The summed E-state index contributed by atoms with van der Waals surface area (Å²) in [4.78, 5) is 6.19. The number of anilines is 2. The fraction of sp³-hybridized carbons (Fsp3) is 0.476. The third kappa shape index (κ3) is 4.53. The van der Waals surface area contributed by atoms with Crippen LogP contribution in [-0.4, -0.2) is 49.5 Å². The van der Waals surface area contributed by atoms with E-state index in [0.29, 0.717) is 6.54 Å². The minimum absolute atomic E-state index is 0.0750. The van der Waals surface area contributed by atoms with Gasteiger partial charge in [0.2, 0.25) is 5.95 Å². The first-order valence-electron chi connectivity index (χ1n) is 10.3. The summed E-state index contributed by atoms with van der Waals surface area (Å²) in [6.07, 6.45) is 0.751. The molecule has 6 nitrogen and oxygen atoms in total. The average Bonchev–Trinajstić information content (AvgIpc) is 3.00. The lowest BCUT2D eigenvalue weighted by molar-refractivity contribution is 0.135. The highest BCUT2D eigenvalue weighted by atomic mass is 35.5. The lowest BCUT2D eigenvalue weighted by atomic mass is 9.96. The number of benzene rings is 1. The third-order valence-electron chi connectivity index (χ3n) is 5.93. The van der Waals surface area contributed by atoms with E-state index in [1.54, 1.807) is 4.90 Å². The number of nitrogens with zero attached hydrogens (tertiary/aromatic N) is 3. The van der Waals surface area contributed by atoms with Gasteiger partial charge in [0.15, 0.2) is 10.7 Å². The third-order valence-corrected chi connectivity index (χ3v) is 7.68. The van der Waals surface area contributed by atoms with Crippen LogP contribution in [0.2, 0.25) is 5.02 Å². The fourth-order valence-corrected chi connectivity index (χ4v) is 6.01. The topological polar surface area (TPSA) is 65.5 Å². The van der Waals surface area contributed by atoms with Crippen LogP contribution < -0.4 is 9.62 Å². The van der Waals surface area contributed by atoms with E-state index in [1.165, 1.54) is 6.07 Å². The standard InChI is InChI=1S/C21H26ClF3N4O2S/c1-5-28(6-2)21(4)11-13(3)29(12-21)15-10-14(23)20(19(25)18(15)22)32(30,31)27-17-9-7-8-16(24)26-17/h7-10,13H,5-6,11-12H2,1-4H3,(H,26,27)/t13-,21-/m0/s1. The molecule has 2 heterocycles. The molecule has 176 valence electrons. The van der Waals surface area contributed by atoms with Crippen molar-refractivity contribution in [2.75, 3.05) is 29.3 Å². The van der Waals surface area contributed by atoms with Gasteiger partial charge in [0.05, 0.1) is 5.69 Å². The van der Waals surface area contributed by atoms with Crippen molar-refractivity contribution in [1.29, 1.82) is 0 Å². The maximum Gasteiger partial charge on any atom is 0.268 e. The highest BCUT2D eigenvalue weighted by Crippen LogP contribution is 2.41. The Hall–Kier alpha value is -2.04. The molecule has 0 radical (unpaired) electrons. The lowest BCUT2D eigenvalue weighted by Crippen LogP contribution is -2.48. The van der Waals surface area contributed by atoms with Gasteiger partial charge in [-0.15, -0.1) is 0 Å². The zero-order chi connectivity index (χ0) is 23.8. The molecule has 0 saturated carbocycles. The summed E-state index contributed by atoms with van der Waals surface area (Å²) < 4.78 is 70.6. The van der Waals surface area contributed by atoms with Gasteiger partial charge in [-0.1, -0.05) is 31.5 Å². The van der Waals surface area contributed by atoms with Gasteiger partial charge in [-0.2, -0.15) is 4.39 Å². The molecule has 1 fully saturated rings. The monoisotopic (exact) mass is 490 g/mol. The predicted octanol–water partition coefficient (Wildman–Crippen LogP) is 4.65. The molecule has 0 amide bonds. The van der Waals surface area contributed by atoms with Crippen molar-refractivity contribution in [1.82, 2.24) is 9.88 Å². The van der Waals surface area contributed by atoms with Gasteiger partial charge in [-0.3, -0.25) is 9.62 Å². The van der Waals surface area contributed by atoms with E-state index in [2.05, 4.69) is 30.7 Å². The Balaban J connectivity index is 1.99. The molecule has 2 aromatic rings. The van der Waals surface area contributed by atoms with Gasteiger partial charge in [0, 0.05) is 24.2 Å². The van der Waals surface area contributed by atoms with Crippen LogP contribution in [0, 0.1) is 17.6 Å². The molecule has 0 unspecified atom stereocenters. The maximum atomic E-state index is 15.1. The minimum atomic E-state index is -4.75. The molecule has 1 N–H and O–H groups in total. The number of rotatable bonds is 7. The van der Waals surface area contributed by atoms with E-state index >= 15 is 4.39 Å². The van der Waals surface area contributed by atoms with Crippen molar-refractivity contribution in [3.8, 4) is 0 Å². The first-order chi connectivity index (χ1) is 14.9. The molecule has 0 spiro atoms. The Morgan fingerprint density at radius 3 is 2.53 bits per heavy atom. The number of sulfonamides is 1. The normalized spacial score (nSPS) is 21.4. The Labute approximate surface area is 191 Å². The molecule has 0 aliphatic carbocycles. The number of hydrogen-bond acceptors (Lipinski definition) is 5. The zero-order valence-corrected chi connectivity index (χ0v) is 19.9. The second kappa shape index (κ2) is 9.07. The Morgan fingerprint density at radius 1 is 1.28 bits per heavy atom. The Bertz CT molecular complexity index is 1110. The van der Waals surface area contributed by atoms with Crippen molar-refractivity contribution in [2.24, 2.45) is 0 Å². The molecule has 1 aromatic heterocycles. The van der Waals surface area contributed by atoms with E-state index in [4.69, 9.17) is 11.6 Å². The second-order valence-electron chi connectivity index (χ2n) is 8.14. The molecule has 1 aliphatic heterocycles. The molecule has 11 heteroatoms. The highest BCUT2D eigenvalue weighted by Gasteiger charge is 2.43. The van der Waals surface area contributed by atoms with Crippen molar-refractivity contribution in [3.05, 3.63) is 46.9 Å². The summed E-state index contributed by atoms with van der Waals surface area (Å²) >= 11 is 6.23. The molecular formula is C21H26ClF3N4O2S. The number of likely N-dealkylation sites (N-methyl/N-ethyl adjacent to an activating group) is 1. The van der Waals surface area contributed by atoms with E-state index in [9.17, 15) is 17.2 Å². The van der Waals surface area contributed by atoms with Crippen molar-refractivity contribution < 1.29 is 21.6 Å². The van der Waals surface area contributed by atoms with Crippen LogP contribution in [0.5, 0.6) is 0 Å². The fourth-order valence-electron chi connectivity index (χ4n) is 4.55. The Kier molecular flexibility index (Phi) is 6.97. The highest BCUT2D eigenvalue weighted by molar-refractivity contribution is 7.92. The van der Waals surface area contributed by atoms with Crippen molar-refractivity contribution in [3.63, 3.8) is 0 Å². The molecule has 2 atom stereocenters. The van der Waals surface area contributed by atoms with Crippen LogP contribution in [-0.2, 0) is 10.0 Å². The van der Waals surface area contributed by atoms with Gasteiger partial charge in [0.1, 0.15) is 16.7 Å². The van der Waals surface area contributed by atoms with E-state index in [-0.39, 0.29) is 17.3 Å². The smallest absolute Gasteiger partial charge is 0.268 e. The molecule has 1 saturated heterocycles. The largest absolute Gasteiger partial charge is 0.366 e. The first kappa shape index (κ1) is 24.6. The molecular weight excluding hydrogens is 465 g/mol. The van der Waals surface area contributed by atoms with Crippen LogP contribution in [0.15, 0.2) is 29.2 Å². The maximum absolute atomic E-state index is 15.1. The molecule has 3 rings (SSSR count). The van der Waals surface area contributed by atoms with Crippen LogP contribution in [0.1, 0.15) is 34.1 Å². The summed E-state index contributed by atoms with van der Waals surface area (Å²) in [5.41, 5.74) is -0.137. The zero-order valence-electron chi connectivity index (χ0n) is 18.3. The second-order valence-corrected chi connectivity index (χ2v) is 10.1. The summed E-state index contributed by atoms with van der Waals surface area (Å²) in [6, 6.07) is 4.24. The Morgan fingerprint density at radius 2 is 1.94 bits per heavy atom. The summed E-state index contributed by atoms with van der Waals surface area (Å²) in [6.45, 7) is 10.2. The number of hydrogen-bond donors (Lipinski definition) is 1. The number of halogens is 4. The number of aromatic nitrogens is 1. The minimum Gasteiger partial charge on any atom is -0.366 e. The molecule has 32 heavy (non-hydrogen) atoms. The molecule has 1 aliphatic rings.